The smallest absolute Gasteiger partial charge is 0.215 e. The Morgan fingerprint density at radius 2 is 2.06 bits per heavy atom. The standard InChI is InChI=1S/C14H24N2O2/c1-3-4-8-15-11-12(13(17)14(11)18-2)16-9-6-5-7-10-16/h14-15H,3-10H2,1-2H3. The minimum absolute atomic E-state index is 0.151. The zero-order valence-electron chi connectivity index (χ0n) is 11.5. The number of nitrogens with one attached hydrogen (secondary N) is 1. The molecule has 0 bridgehead atoms. The summed E-state index contributed by atoms with van der Waals surface area (Å²) in [6.45, 7) is 5.12. The highest BCUT2D eigenvalue weighted by Crippen LogP contribution is 2.30. The predicted octanol–water partition coefficient (Wildman–Crippen LogP) is 1.67. The van der Waals surface area contributed by atoms with Crippen LogP contribution >= 0.6 is 0 Å². The summed E-state index contributed by atoms with van der Waals surface area (Å²) in [5, 5.41) is 3.39. The Kier molecular flexibility index (Phi) is 4.64. The van der Waals surface area contributed by atoms with Crippen molar-refractivity contribution in [3.05, 3.63) is 11.4 Å². The minimum atomic E-state index is -0.348. The number of unbranched alkanes of at least 4 members (excludes halogenated alkanes) is 1. The number of rotatable bonds is 6. The number of ketones is 1. The molecule has 0 aromatic rings. The van der Waals surface area contributed by atoms with Crippen LogP contribution in [0.3, 0.4) is 0 Å². The lowest BCUT2D eigenvalue weighted by Crippen LogP contribution is -2.51. The first kappa shape index (κ1) is 13.4. The van der Waals surface area contributed by atoms with Crippen LogP contribution in [0.15, 0.2) is 11.4 Å². The molecule has 0 aromatic heterocycles. The molecular formula is C14H24N2O2. The number of hydrogen-bond acceptors (Lipinski definition) is 4. The first-order valence-corrected chi connectivity index (χ1v) is 7.09. The van der Waals surface area contributed by atoms with Crippen LogP contribution in [0.2, 0.25) is 0 Å². The van der Waals surface area contributed by atoms with E-state index in [2.05, 4.69) is 17.1 Å². The van der Waals surface area contributed by atoms with Crippen molar-refractivity contribution >= 4 is 5.78 Å². The van der Waals surface area contributed by atoms with Crippen molar-refractivity contribution in [2.24, 2.45) is 0 Å². The van der Waals surface area contributed by atoms with Crippen molar-refractivity contribution < 1.29 is 9.53 Å². The number of ether oxygens (including phenoxy) is 1. The molecule has 0 radical (unpaired) electrons. The molecule has 0 aromatic carbocycles. The van der Waals surface area contributed by atoms with E-state index in [1.54, 1.807) is 7.11 Å². The quantitative estimate of drug-likeness (QED) is 0.730. The fraction of sp³-hybridized carbons (Fsp3) is 0.786. The summed E-state index contributed by atoms with van der Waals surface area (Å²) >= 11 is 0. The number of methoxy groups -OCH3 is 1. The van der Waals surface area contributed by atoms with Crippen LogP contribution < -0.4 is 5.32 Å². The van der Waals surface area contributed by atoms with Gasteiger partial charge in [0.1, 0.15) is 5.70 Å². The predicted molar refractivity (Wildman–Crippen MR) is 71.2 cm³/mol. The Bertz CT molecular complexity index is 333. The molecule has 1 atom stereocenters. The second-order valence-electron chi connectivity index (χ2n) is 5.07. The Balaban J connectivity index is 2.05. The largest absolute Gasteiger partial charge is 0.384 e. The van der Waals surface area contributed by atoms with Crippen molar-refractivity contribution in [1.82, 2.24) is 10.2 Å². The SMILES string of the molecule is CCCCNC1=C(N2CCCCC2)C(=O)C1OC. The van der Waals surface area contributed by atoms with E-state index in [1.807, 2.05) is 0 Å². The van der Waals surface area contributed by atoms with Crippen molar-refractivity contribution in [3.8, 4) is 0 Å². The topological polar surface area (TPSA) is 41.6 Å². The average molecular weight is 252 g/mol. The Labute approximate surface area is 109 Å². The van der Waals surface area contributed by atoms with Gasteiger partial charge in [-0.2, -0.15) is 0 Å². The molecule has 2 aliphatic rings. The molecule has 1 N–H and O–H groups in total. The molecule has 4 nitrogen and oxygen atoms in total. The maximum atomic E-state index is 12.1. The lowest BCUT2D eigenvalue weighted by Gasteiger charge is -2.40. The summed E-state index contributed by atoms with van der Waals surface area (Å²) in [4.78, 5) is 14.3. The first-order chi connectivity index (χ1) is 8.79. The minimum Gasteiger partial charge on any atom is -0.384 e. The molecule has 0 amide bonds. The molecule has 18 heavy (non-hydrogen) atoms. The molecule has 1 heterocycles. The molecule has 0 spiro atoms. The van der Waals surface area contributed by atoms with Crippen LogP contribution in [0.25, 0.3) is 0 Å². The first-order valence-electron chi connectivity index (χ1n) is 7.09. The summed E-state index contributed by atoms with van der Waals surface area (Å²) in [5.74, 6) is 0.151. The van der Waals surface area contributed by atoms with Crippen LogP contribution in [-0.2, 0) is 9.53 Å². The molecule has 1 saturated heterocycles. The second kappa shape index (κ2) is 6.23. The summed E-state index contributed by atoms with van der Waals surface area (Å²) in [7, 11) is 1.61. The fourth-order valence-corrected chi connectivity index (χ4v) is 2.68. The van der Waals surface area contributed by atoms with Gasteiger partial charge in [0.15, 0.2) is 6.10 Å². The van der Waals surface area contributed by atoms with Crippen LogP contribution in [0.4, 0.5) is 0 Å². The van der Waals surface area contributed by atoms with Crippen molar-refractivity contribution in [2.45, 2.75) is 45.1 Å². The zero-order chi connectivity index (χ0) is 13.0. The van der Waals surface area contributed by atoms with Gasteiger partial charge in [0.05, 0.1) is 5.70 Å². The molecular weight excluding hydrogens is 228 g/mol. The van der Waals surface area contributed by atoms with E-state index in [0.717, 1.165) is 43.9 Å². The lowest BCUT2D eigenvalue weighted by molar-refractivity contribution is -0.129. The van der Waals surface area contributed by atoms with E-state index in [1.165, 1.54) is 19.3 Å². The number of piperidine rings is 1. The fourth-order valence-electron chi connectivity index (χ4n) is 2.68. The molecule has 1 aliphatic heterocycles. The molecule has 1 unspecified atom stereocenters. The second-order valence-corrected chi connectivity index (χ2v) is 5.07. The van der Waals surface area contributed by atoms with Gasteiger partial charge in [-0.25, -0.2) is 0 Å². The number of carbonyl (C=O) groups excluding carboxylic acids is 1. The van der Waals surface area contributed by atoms with Crippen LogP contribution in [-0.4, -0.2) is 43.5 Å². The molecule has 1 aliphatic carbocycles. The van der Waals surface area contributed by atoms with Gasteiger partial charge in [-0.15, -0.1) is 0 Å². The Hall–Kier alpha value is -1.03. The van der Waals surface area contributed by atoms with Crippen LogP contribution in [0.5, 0.6) is 0 Å². The maximum Gasteiger partial charge on any atom is 0.215 e. The Morgan fingerprint density at radius 1 is 1.33 bits per heavy atom. The molecule has 2 rings (SSSR count). The highest BCUT2D eigenvalue weighted by atomic mass is 16.5. The van der Waals surface area contributed by atoms with Gasteiger partial charge < -0.3 is 15.0 Å². The summed E-state index contributed by atoms with van der Waals surface area (Å²) < 4.78 is 5.27. The third-order valence-electron chi connectivity index (χ3n) is 3.74. The van der Waals surface area contributed by atoms with Crippen molar-refractivity contribution in [3.63, 3.8) is 0 Å². The van der Waals surface area contributed by atoms with Crippen LogP contribution in [0.1, 0.15) is 39.0 Å². The van der Waals surface area contributed by atoms with Gasteiger partial charge in [0.25, 0.3) is 0 Å². The molecule has 4 heteroatoms. The third-order valence-corrected chi connectivity index (χ3v) is 3.74. The van der Waals surface area contributed by atoms with E-state index < -0.39 is 0 Å². The summed E-state index contributed by atoms with van der Waals surface area (Å²) in [6.07, 6.45) is 5.60. The highest BCUT2D eigenvalue weighted by Gasteiger charge is 2.42. The molecule has 1 fully saturated rings. The number of Topliss-reactive ketones (excluding diaryl/α,β-unsaturated/α-hetero) is 1. The van der Waals surface area contributed by atoms with E-state index in [0.29, 0.717) is 0 Å². The lowest BCUT2D eigenvalue weighted by atomic mass is 9.92. The van der Waals surface area contributed by atoms with Gasteiger partial charge in [0.2, 0.25) is 5.78 Å². The van der Waals surface area contributed by atoms with Crippen molar-refractivity contribution in [2.75, 3.05) is 26.7 Å². The molecule has 0 saturated carbocycles. The van der Waals surface area contributed by atoms with Crippen molar-refractivity contribution in [1.29, 1.82) is 0 Å². The number of carbonyl (C=O) groups is 1. The van der Waals surface area contributed by atoms with E-state index in [9.17, 15) is 4.79 Å². The van der Waals surface area contributed by atoms with E-state index in [4.69, 9.17) is 4.74 Å². The average Bonchev–Trinajstić information content (AvgIpc) is 2.40. The van der Waals surface area contributed by atoms with Gasteiger partial charge in [-0.1, -0.05) is 13.3 Å². The van der Waals surface area contributed by atoms with E-state index in [-0.39, 0.29) is 11.9 Å². The normalized spacial score (nSPS) is 24.2. The maximum absolute atomic E-state index is 12.1. The third kappa shape index (κ3) is 2.53. The highest BCUT2D eigenvalue weighted by molar-refractivity contribution is 6.08. The monoisotopic (exact) mass is 252 g/mol. The number of nitrogens with zero attached hydrogens (tertiary/aromatic N) is 1. The summed E-state index contributed by atoms with van der Waals surface area (Å²) in [5.41, 5.74) is 1.90. The number of likely N-dealkylation sites (tertiary alicyclic amines) is 1. The summed E-state index contributed by atoms with van der Waals surface area (Å²) in [6, 6.07) is 0. The van der Waals surface area contributed by atoms with Gasteiger partial charge in [0, 0.05) is 26.7 Å². The zero-order valence-corrected chi connectivity index (χ0v) is 11.5. The van der Waals surface area contributed by atoms with Crippen LogP contribution in [0, 0.1) is 0 Å². The molecule has 102 valence electrons. The number of hydrogen-bond donors (Lipinski definition) is 1. The van der Waals surface area contributed by atoms with Gasteiger partial charge in [-0.3, -0.25) is 4.79 Å². The van der Waals surface area contributed by atoms with Gasteiger partial charge >= 0.3 is 0 Å². The van der Waals surface area contributed by atoms with Gasteiger partial charge in [-0.05, 0) is 25.7 Å². The Morgan fingerprint density at radius 3 is 2.67 bits per heavy atom. The van der Waals surface area contributed by atoms with E-state index >= 15 is 0 Å².